The van der Waals surface area contributed by atoms with Crippen LogP contribution in [0.15, 0.2) is 23.8 Å². The first-order valence-corrected chi connectivity index (χ1v) is 7.94. The average molecular weight is 268 g/mol. The summed E-state index contributed by atoms with van der Waals surface area (Å²) in [6, 6.07) is 1.07. The van der Waals surface area contributed by atoms with Crippen LogP contribution in [0.2, 0.25) is 0 Å². The predicted octanol–water partition coefficient (Wildman–Crippen LogP) is 4.24. The van der Waals surface area contributed by atoms with Crippen molar-refractivity contribution in [3.63, 3.8) is 0 Å². The van der Waals surface area contributed by atoms with Crippen molar-refractivity contribution in [2.75, 3.05) is 20.6 Å². The van der Waals surface area contributed by atoms with Crippen LogP contribution < -0.4 is 5.32 Å². The van der Waals surface area contributed by atoms with Crippen molar-refractivity contribution in [3.05, 3.63) is 23.8 Å². The molecule has 1 rings (SSSR count). The van der Waals surface area contributed by atoms with E-state index >= 15 is 0 Å². The summed E-state index contributed by atoms with van der Waals surface area (Å²) >= 11 is 0. The highest BCUT2D eigenvalue weighted by Crippen LogP contribution is 2.17. The van der Waals surface area contributed by atoms with Crippen LogP contribution in [-0.4, -0.2) is 37.6 Å². The van der Waals surface area contributed by atoms with Gasteiger partial charge in [-0.2, -0.15) is 0 Å². The van der Waals surface area contributed by atoms with Crippen LogP contribution in [0.25, 0.3) is 0 Å². The van der Waals surface area contributed by atoms with E-state index in [2.05, 4.69) is 49.3 Å². The van der Waals surface area contributed by atoms with Gasteiger partial charge in [0.2, 0.25) is 0 Å². The molecule has 2 nitrogen and oxygen atoms in total. The minimum Gasteiger partial charge on any atom is -0.313 e. The summed E-state index contributed by atoms with van der Waals surface area (Å²) in [6.07, 6.45) is 9.33. The summed E-state index contributed by atoms with van der Waals surface area (Å²) in [5, 5.41) is 3.27. The Morgan fingerprint density at radius 1 is 1.32 bits per heavy atom. The summed E-state index contributed by atoms with van der Waals surface area (Å²) in [4.78, 5) is 2.42. The van der Waals surface area contributed by atoms with Gasteiger partial charge in [-0.3, -0.25) is 4.90 Å². The third kappa shape index (κ3) is 8.22. The van der Waals surface area contributed by atoms with Crippen LogP contribution in [0, 0.1) is 0 Å². The molecule has 2 heteroatoms. The Kier molecular flexibility index (Phi) is 15.1. The van der Waals surface area contributed by atoms with E-state index < -0.39 is 0 Å². The molecule has 1 aliphatic rings. The number of likely N-dealkylation sites (N-methyl/N-ethyl adjacent to an activating group) is 2. The SMILES string of the molecule is CC.CC.CCCN(C)C1C=CC(C(C)NC)=CC1. The third-order valence-corrected chi connectivity index (χ3v) is 3.18. The second kappa shape index (κ2) is 13.8. The van der Waals surface area contributed by atoms with Crippen molar-refractivity contribution in [3.8, 4) is 0 Å². The fourth-order valence-electron chi connectivity index (χ4n) is 1.96. The van der Waals surface area contributed by atoms with E-state index in [-0.39, 0.29) is 0 Å². The van der Waals surface area contributed by atoms with Gasteiger partial charge in [-0.05, 0) is 46.0 Å². The zero-order valence-corrected chi connectivity index (χ0v) is 14.5. The molecule has 0 aromatic carbocycles. The van der Waals surface area contributed by atoms with Crippen LogP contribution in [0.3, 0.4) is 0 Å². The lowest BCUT2D eigenvalue weighted by molar-refractivity contribution is 0.281. The van der Waals surface area contributed by atoms with Gasteiger partial charge in [-0.15, -0.1) is 0 Å². The quantitative estimate of drug-likeness (QED) is 0.802. The van der Waals surface area contributed by atoms with Gasteiger partial charge >= 0.3 is 0 Å². The maximum absolute atomic E-state index is 3.27. The minimum atomic E-state index is 0.471. The molecule has 0 fully saturated rings. The average Bonchev–Trinajstić information content (AvgIpc) is 2.51. The van der Waals surface area contributed by atoms with Crippen LogP contribution in [0.5, 0.6) is 0 Å². The Bertz CT molecular complexity index is 244. The smallest absolute Gasteiger partial charge is 0.0313 e. The topological polar surface area (TPSA) is 15.3 Å². The molecule has 1 aliphatic carbocycles. The molecule has 1 N–H and O–H groups in total. The van der Waals surface area contributed by atoms with Gasteiger partial charge in [0.15, 0.2) is 0 Å². The lowest BCUT2D eigenvalue weighted by Gasteiger charge is -2.27. The highest BCUT2D eigenvalue weighted by Gasteiger charge is 2.14. The number of nitrogens with zero attached hydrogens (tertiary/aromatic N) is 1. The molecule has 0 saturated carbocycles. The normalized spacial score (nSPS) is 18.8. The van der Waals surface area contributed by atoms with Crippen molar-refractivity contribution >= 4 is 0 Å². The third-order valence-electron chi connectivity index (χ3n) is 3.18. The molecule has 0 saturated heterocycles. The highest BCUT2D eigenvalue weighted by atomic mass is 15.1. The summed E-state index contributed by atoms with van der Waals surface area (Å²) in [6.45, 7) is 13.6. The van der Waals surface area contributed by atoms with Gasteiger partial charge in [-0.1, -0.05) is 52.8 Å². The second-order valence-corrected chi connectivity index (χ2v) is 4.36. The molecular formula is C17H36N2. The predicted molar refractivity (Wildman–Crippen MR) is 89.8 cm³/mol. The standard InChI is InChI=1S/C13H24N2.2C2H6/c1-5-10-15(4)13-8-6-12(7-9-13)11(2)14-3;2*1-2/h6-8,11,13-14H,5,9-10H2,1-4H3;2*1-2H3. The lowest BCUT2D eigenvalue weighted by atomic mass is 9.97. The first kappa shape index (κ1) is 20.7. The van der Waals surface area contributed by atoms with E-state index in [0.29, 0.717) is 12.1 Å². The van der Waals surface area contributed by atoms with Crippen molar-refractivity contribution in [2.24, 2.45) is 0 Å². The number of rotatable bonds is 5. The van der Waals surface area contributed by atoms with Gasteiger partial charge in [-0.25, -0.2) is 0 Å². The van der Waals surface area contributed by atoms with Gasteiger partial charge in [0.05, 0.1) is 0 Å². The summed E-state index contributed by atoms with van der Waals surface area (Å²) in [7, 11) is 4.22. The van der Waals surface area contributed by atoms with E-state index in [4.69, 9.17) is 0 Å². The number of hydrogen-bond acceptors (Lipinski definition) is 2. The first-order chi connectivity index (χ1) is 9.19. The highest BCUT2D eigenvalue weighted by molar-refractivity contribution is 5.29. The Hall–Kier alpha value is -0.600. The fourth-order valence-corrected chi connectivity index (χ4v) is 1.96. The van der Waals surface area contributed by atoms with Gasteiger partial charge in [0.25, 0.3) is 0 Å². The van der Waals surface area contributed by atoms with Gasteiger partial charge < -0.3 is 5.32 Å². The molecule has 114 valence electrons. The largest absolute Gasteiger partial charge is 0.313 e. The van der Waals surface area contributed by atoms with E-state index in [9.17, 15) is 0 Å². The molecule has 0 bridgehead atoms. The van der Waals surface area contributed by atoms with Crippen molar-refractivity contribution < 1.29 is 0 Å². The monoisotopic (exact) mass is 268 g/mol. The van der Waals surface area contributed by atoms with Crippen LogP contribution in [-0.2, 0) is 0 Å². The van der Waals surface area contributed by atoms with Gasteiger partial charge in [0, 0.05) is 12.1 Å². The van der Waals surface area contributed by atoms with Gasteiger partial charge in [0.1, 0.15) is 0 Å². The van der Waals surface area contributed by atoms with Crippen LogP contribution >= 0.6 is 0 Å². The van der Waals surface area contributed by atoms with Crippen LogP contribution in [0.4, 0.5) is 0 Å². The molecule has 19 heavy (non-hydrogen) atoms. The Morgan fingerprint density at radius 3 is 2.26 bits per heavy atom. The Labute approximate surface area is 122 Å². The fraction of sp³-hybridized carbons (Fsp3) is 0.765. The Balaban J connectivity index is 0. The summed E-state index contributed by atoms with van der Waals surface area (Å²) in [5.74, 6) is 0. The Morgan fingerprint density at radius 2 is 1.89 bits per heavy atom. The molecule has 0 radical (unpaired) electrons. The van der Waals surface area contributed by atoms with E-state index in [1.807, 2.05) is 34.7 Å². The van der Waals surface area contributed by atoms with Crippen molar-refractivity contribution in [2.45, 2.75) is 66.5 Å². The number of hydrogen-bond donors (Lipinski definition) is 1. The molecule has 0 amide bonds. The lowest BCUT2D eigenvalue weighted by Crippen LogP contribution is -2.32. The second-order valence-electron chi connectivity index (χ2n) is 4.36. The molecule has 0 heterocycles. The molecule has 2 unspecified atom stereocenters. The molecule has 0 aromatic rings. The zero-order valence-electron chi connectivity index (χ0n) is 14.5. The molecule has 0 aromatic heterocycles. The molecule has 0 spiro atoms. The maximum atomic E-state index is 3.27. The first-order valence-electron chi connectivity index (χ1n) is 7.94. The maximum Gasteiger partial charge on any atom is 0.0313 e. The van der Waals surface area contributed by atoms with E-state index in [1.54, 1.807) is 0 Å². The van der Waals surface area contributed by atoms with Crippen molar-refractivity contribution in [1.82, 2.24) is 10.2 Å². The molecule has 2 atom stereocenters. The van der Waals surface area contributed by atoms with Crippen LogP contribution in [0.1, 0.15) is 54.4 Å². The molecule has 0 aliphatic heterocycles. The summed E-state index contributed by atoms with van der Waals surface area (Å²) < 4.78 is 0. The van der Waals surface area contributed by atoms with E-state index in [1.165, 1.54) is 18.5 Å². The van der Waals surface area contributed by atoms with E-state index in [0.717, 1.165) is 6.42 Å². The number of nitrogens with one attached hydrogen (secondary N) is 1. The zero-order chi connectivity index (χ0) is 15.3. The molecular weight excluding hydrogens is 232 g/mol. The summed E-state index contributed by atoms with van der Waals surface area (Å²) in [5.41, 5.74) is 1.42. The minimum absolute atomic E-state index is 0.471. The van der Waals surface area contributed by atoms with Crippen molar-refractivity contribution in [1.29, 1.82) is 0 Å².